The van der Waals surface area contributed by atoms with Crippen molar-refractivity contribution in [3.63, 3.8) is 0 Å². The van der Waals surface area contributed by atoms with E-state index >= 15 is 0 Å². The van der Waals surface area contributed by atoms with Crippen molar-refractivity contribution < 1.29 is 9.53 Å². The molecule has 4 heterocycles. The van der Waals surface area contributed by atoms with Gasteiger partial charge >= 0.3 is 0 Å². The maximum Gasteiger partial charge on any atom is 0.222 e. The Morgan fingerprint density at radius 1 is 1.14 bits per heavy atom. The minimum atomic E-state index is 0.0858. The summed E-state index contributed by atoms with van der Waals surface area (Å²) in [5, 5.41) is 0. The van der Waals surface area contributed by atoms with Crippen LogP contribution in [-0.4, -0.2) is 57.5 Å². The lowest BCUT2D eigenvalue weighted by molar-refractivity contribution is -0.138. The van der Waals surface area contributed by atoms with Gasteiger partial charge in [0.1, 0.15) is 12.1 Å². The van der Waals surface area contributed by atoms with Crippen LogP contribution in [0.4, 0.5) is 5.82 Å². The van der Waals surface area contributed by atoms with Gasteiger partial charge in [-0.05, 0) is 26.2 Å². The molecule has 2 saturated heterocycles. The number of nitrogens with zero attached hydrogens (tertiary/aromatic N) is 6. The number of rotatable bonds is 4. The first-order valence-corrected chi connectivity index (χ1v) is 9.73. The number of amides is 1. The van der Waals surface area contributed by atoms with E-state index in [0.29, 0.717) is 18.8 Å². The number of ether oxygens (including phenoxy) is 1. The van der Waals surface area contributed by atoms with Gasteiger partial charge in [0.25, 0.3) is 0 Å². The van der Waals surface area contributed by atoms with Crippen LogP contribution < -0.4 is 9.64 Å². The molecule has 0 aromatic carbocycles. The number of methoxy groups -OCH3 is 1. The van der Waals surface area contributed by atoms with Crippen molar-refractivity contribution in [1.82, 2.24) is 24.8 Å². The second kappa shape index (κ2) is 7.69. The van der Waals surface area contributed by atoms with E-state index in [9.17, 15) is 4.79 Å². The summed E-state index contributed by atoms with van der Waals surface area (Å²) < 4.78 is 5.24. The molecule has 1 spiro atoms. The third-order valence-electron chi connectivity index (χ3n) is 5.76. The number of aryl methyl sites for hydroxylation is 1. The molecule has 148 valence electrons. The third kappa shape index (κ3) is 3.90. The van der Waals surface area contributed by atoms with Gasteiger partial charge in [0, 0.05) is 43.7 Å². The Morgan fingerprint density at radius 2 is 2.04 bits per heavy atom. The first kappa shape index (κ1) is 18.6. The van der Waals surface area contributed by atoms with Crippen LogP contribution in [0.25, 0.3) is 0 Å². The van der Waals surface area contributed by atoms with E-state index in [0.717, 1.165) is 56.1 Å². The Kier molecular flexibility index (Phi) is 5.11. The Balaban J connectivity index is 1.49. The number of hydrogen-bond acceptors (Lipinski definition) is 7. The molecule has 2 aliphatic heterocycles. The van der Waals surface area contributed by atoms with Crippen LogP contribution in [0, 0.1) is 12.3 Å². The zero-order chi connectivity index (χ0) is 19.6. The highest BCUT2D eigenvalue weighted by Crippen LogP contribution is 2.40. The predicted octanol–water partition coefficient (Wildman–Crippen LogP) is 1.99. The van der Waals surface area contributed by atoms with E-state index in [4.69, 9.17) is 4.74 Å². The van der Waals surface area contributed by atoms with Gasteiger partial charge in [-0.25, -0.2) is 9.97 Å². The second-order valence-electron chi connectivity index (χ2n) is 7.84. The fourth-order valence-corrected chi connectivity index (χ4v) is 4.29. The highest BCUT2D eigenvalue weighted by atomic mass is 16.5. The van der Waals surface area contributed by atoms with Crippen LogP contribution in [0.3, 0.4) is 0 Å². The SMILES string of the molecule is COc1cc(N2CCC[C@@]3(CCC(=O)N(Cc4cnc(C)cn4)C3)C2)ncn1. The minimum absolute atomic E-state index is 0.0858. The normalized spacial score (nSPS) is 22.6. The molecule has 8 heteroatoms. The van der Waals surface area contributed by atoms with Crippen LogP contribution in [-0.2, 0) is 11.3 Å². The van der Waals surface area contributed by atoms with Crippen molar-refractivity contribution in [2.45, 2.75) is 39.2 Å². The second-order valence-corrected chi connectivity index (χ2v) is 7.84. The summed E-state index contributed by atoms with van der Waals surface area (Å²) in [4.78, 5) is 34.1. The molecule has 8 nitrogen and oxygen atoms in total. The number of likely N-dealkylation sites (tertiary alicyclic amines) is 1. The van der Waals surface area contributed by atoms with Gasteiger partial charge in [0.2, 0.25) is 11.8 Å². The van der Waals surface area contributed by atoms with Gasteiger partial charge in [-0.1, -0.05) is 0 Å². The summed E-state index contributed by atoms with van der Waals surface area (Å²) in [7, 11) is 1.61. The Hall–Kier alpha value is -2.77. The summed E-state index contributed by atoms with van der Waals surface area (Å²) in [5.74, 6) is 1.66. The molecular formula is C20H26N6O2. The van der Waals surface area contributed by atoms with Gasteiger partial charge in [-0.15, -0.1) is 0 Å². The van der Waals surface area contributed by atoms with E-state index in [1.54, 1.807) is 25.8 Å². The minimum Gasteiger partial charge on any atom is -0.481 e. The number of anilines is 1. The number of carbonyl (C=O) groups is 1. The highest BCUT2D eigenvalue weighted by Gasteiger charge is 2.42. The van der Waals surface area contributed by atoms with Crippen molar-refractivity contribution in [1.29, 1.82) is 0 Å². The third-order valence-corrected chi connectivity index (χ3v) is 5.76. The first-order valence-electron chi connectivity index (χ1n) is 9.73. The molecule has 0 saturated carbocycles. The van der Waals surface area contributed by atoms with Crippen molar-refractivity contribution in [3.05, 3.63) is 36.2 Å². The number of carbonyl (C=O) groups excluding carboxylic acids is 1. The monoisotopic (exact) mass is 382 g/mol. The lowest BCUT2D eigenvalue weighted by atomic mass is 9.73. The van der Waals surface area contributed by atoms with E-state index in [2.05, 4.69) is 24.8 Å². The van der Waals surface area contributed by atoms with Crippen LogP contribution in [0.2, 0.25) is 0 Å². The summed E-state index contributed by atoms with van der Waals surface area (Å²) in [6, 6.07) is 1.88. The van der Waals surface area contributed by atoms with Gasteiger partial charge in [-0.3, -0.25) is 14.8 Å². The molecule has 28 heavy (non-hydrogen) atoms. The summed E-state index contributed by atoms with van der Waals surface area (Å²) in [5.41, 5.74) is 1.81. The maximum atomic E-state index is 12.6. The quantitative estimate of drug-likeness (QED) is 0.799. The summed E-state index contributed by atoms with van der Waals surface area (Å²) in [6.45, 7) is 5.03. The molecule has 2 fully saturated rings. The lowest BCUT2D eigenvalue weighted by Gasteiger charge is -2.48. The van der Waals surface area contributed by atoms with Crippen molar-refractivity contribution >= 4 is 11.7 Å². The van der Waals surface area contributed by atoms with Crippen molar-refractivity contribution in [2.75, 3.05) is 31.6 Å². The van der Waals surface area contributed by atoms with Gasteiger partial charge in [-0.2, -0.15) is 0 Å². The molecule has 0 bridgehead atoms. The topological polar surface area (TPSA) is 84.3 Å². The number of aromatic nitrogens is 4. The van der Waals surface area contributed by atoms with Gasteiger partial charge in [0.15, 0.2) is 0 Å². The number of hydrogen-bond donors (Lipinski definition) is 0. The average Bonchev–Trinajstić information content (AvgIpc) is 2.73. The van der Waals surface area contributed by atoms with Crippen LogP contribution in [0.15, 0.2) is 24.8 Å². The van der Waals surface area contributed by atoms with Gasteiger partial charge in [0.05, 0.1) is 31.2 Å². The molecule has 0 radical (unpaired) electrons. The highest BCUT2D eigenvalue weighted by molar-refractivity contribution is 5.77. The van der Waals surface area contributed by atoms with Crippen LogP contribution in [0.1, 0.15) is 37.1 Å². The predicted molar refractivity (Wildman–Crippen MR) is 104 cm³/mol. The largest absolute Gasteiger partial charge is 0.481 e. The van der Waals surface area contributed by atoms with Crippen molar-refractivity contribution in [2.24, 2.45) is 5.41 Å². The molecule has 4 rings (SSSR count). The smallest absolute Gasteiger partial charge is 0.222 e. The Morgan fingerprint density at radius 3 is 2.82 bits per heavy atom. The molecule has 2 aliphatic rings. The van der Waals surface area contributed by atoms with E-state index in [-0.39, 0.29) is 11.3 Å². The fraction of sp³-hybridized carbons (Fsp3) is 0.550. The van der Waals surface area contributed by atoms with E-state index in [1.165, 1.54) is 0 Å². The van der Waals surface area contributed by atoms with E-state index < -0.39 is 0 Å². The van der Waals surface area contributed by atoms with Crippen LogP contribution >= 0.6 is 0 Å². The molecule has 2 aromatic heterocycles. The molecule has 1 atom stereocenters. The zero-order valence-corrected chi connectivity index (χ0v) is 16.5. The number of piperidine rings is 2. The maximum absolute atomic E-state index is 12.6. The average molecular weight is 382 g/mol. The molecular weight excluding hydrogens is 356 g/mol. The standard InChI is InChI=1S/C20H26N6O2/c1-15-9-22-16(10-21-15)11-26-13-20(6-4-19(26)27)5-3-7-25(12-20)17-8-18(28-2)24-14-23-17/h8-10,14H,3-7,11-13H2,1-2H3/t20-/m1/s1. The van der Waals surface area contributed by atoms with Crippen molar-refractivity contribution in [3.8, 4) is 5.88 Å². The Bertz CT molecular complexity index is 843. The molecule has 0 aliphatic carbocycles. The molecule has 0 N–H and O–H groups in total. The van der Waals surface area contributed by atoms with Gasteiger partial charge < -0.3 is 14.5 Å². The molecule has 0 unspecified atom stereocenters. The first-order chi connectivity index (χ1) is 13.6. The van der Waals surface area contributed by atoms with Crippen LogP contribution in [0.5, 0.6) is 5.88 Å². The fourth-order valence-electron chi connectivity index (χ4n) is 4.29. The summed E-state index contributed by atoms with van der Waals surface area (Å²) in [6.07, 6.45) is 8.77. The molecule has 2 aromatic rings. The Labute approximate surface area is 165 Å². The zero-order valence-electron chi connectivity index (χ0n) is 16.5. The summed E-state index contributed by atoms with van der Waals surface area (Å²) >= 11 is 0. The molecule has 1 amide bonds. The lowest BCUT2D eigenvalue weighted by Crippen LogP contribution is -2.54. The van der Waals surface area contributed by atoms with E-state index in [1.807, 2.05) is 17.9 Å².